The molecule has 2 aliphatic rings. The van der Waals surface area contributed by atoms with Crippen LogP contribution in [0.25, 0.3) is 0 Å². The van der Waals surface area contributed by atoms with Gasteiger partial charge in [-0.25, -0.2) is 5.43 Å². The molecule has 104 valence electrons. The van der Waals surface area contributed by atoms with E-state index < -0.39 is 5.24 Å². The highest BCUT2D eigenvalue weighted by molar-refractivity contribution is 7.96. The molecule has 1 aliphatic heterocycles. The summed E-state index contributed by atoms with van der Waals surface area (Å²) in [5.41, 5.74) is 6.04. The van der Waals surface area contributed by atoms with Gasteiger partial charge in [0.2, 0.25) is 5.91 Å². The van der Waals surface area contributed by atoms with Gasteiger partial charge in [-0.1, -0.05) is 24.8 Å². The first-order chi connectivity index (χ1) is 9.63. The first kappa shape index (κ1) is 13.2. The van der Waals surface area contributed by atoms with Crippen LogP contribution in [-0.2, 0) is 4.79 Å². The monoisotopic (exact) mass is 289 g/mol. The second-order valence-corrected chi connectivity index (χ2v) is 5.51. The van der Waals surface area contributed by atoms with Crippen LogP contribution in [0, 0.1) is 0 Å². The molecule has 0 saturated heterocycles. The van der Waals surface area contributed by atoms with Crippen molar-refractivity contribution in [2.75, 3.05) is 5.32 Å². The van der Waals surface area contributed by atoms with Gasteiger partial charge < -0.3 is 5.32 Å². The van der Waals surface area contributed by atoms with Gasteiger partial charge in [-0.2, -0.15) is 5.10 Å². The number of hydrogen-bond donors (Lipinski definition) is 3. The number of amides is 2. The summed E-state index contributed by atoms with van der Waals surface area (Å²) in [5.74, 6) is 0.524. The van der Waals surface area contributed by atoms with E-state index in [1.165, 1.54) is 18.4 Å². The third kappa shape index (κ3) is 2.85. The SMILES string of the molecule is O=C(S)Nc1cc(C2CC2)ccc1C1=NNC(=O)CC1. The Labute approximate surface area is 122 Å². The molecule has 0 spiro atoms. The molecule has 1 aliphatic carbocycles. The molecule has 1 saturated carbocycles. The Morgan fingerprint density at radius 2 is 2.15 bits per heavy atom. The highest BCUT2D eigenvalue weighted by Crippen LogP contribution is 2.41. The van der Waals surface area contributed by atoms with Crippen molar-refractivity contribution in [3.8, 4) is 0 Å². The molecule has 1 heterocycles. The van der Waals surface area contributed by atoms with Gasteiger partial charge >= 0.3 is 0 Å². The van der Waals surface area contributed by atoms with Gasteiger partial charge in [-0.3, -0.25) is 9.59 Å². The van der Waals surface area contributed by atoms with E-state index >= 15 is 0 Å². The van der Waals surface area contributed by atoms with Gasteiger partial charge in [0, 0.05) is 18.4 Å². The van der Waals surface area contributed by atoms with E-state index in [1.807, 2.05) is 12.1 Å². The predicted molar refractivity (Wildman–Crippen MR) is 80.3 cm³/mol. The number of nitrogens with zero attached hydrogens (tertiary/aromatic N) is 1. The quantitative estimate of drug-likeness (QED) is 0.749. The maximum Gasteiger partial charge on any atom is 0.280 e. The molecule has 3 rings (SSSR count). The summed E-state index contributed by atoms with van der Waals surface area (Å²) in [6, 6.07) is 6.02. The Hall–Kier alpha value is -1.82. The number of rotatable bonds is 3. The minimum Gasteiger partial charge on any atom is -0.316 e. The zero-order chi connectivity index (χ0) is 14.1. The number of thiol groups is 1. The van der Waals surface area contributed by atoms with E-state index in [0.717, 1.165) is 11.3 Å². The number of carbonyl (C=O) groups is 2. The summed E-state index contributed by atoms with van der Waals surface area (Å²) in [7, 11) is 0. The fraction of sp³-hybridized carbons (Fsp3) is 0.357. The maximum absolute atomic E-state index is 11.2. The van der Waals surface area contributed by atoms with Crippen LogP contribution in [0.15, 0.2) is 23.3 Å². The fourth-order valence-electron chi connectivity index (χ4n) is 2.37. The topological polar surface area (TPSA) is 70.6 Å². The third-order valence-electron chi connectivity index (χ3n) is 3.55. The predicted octanol–water partition coefficient (Wildman–Crippen LogP) is 2.64. The van der Waals surface area contributed by atoms with Crippen LogP contribution >= 0.6 is 12.6 Å². The molecule has 2 amide bonds. The minimum atomic E-state index is -0.403. The lowest BCUT2D eigenvalue weighted by Gasteiger charge is -2.16. The molecule has 20 heavy (non-hydrogen) atoms. The largest absolute Gasteiger partial charge is 0.316 e. The van der Waals surface area contributed by atoms with Gasteiger partial charge in [0.1, 0.15) is 0 Å². The molecule has 1 fully saturated rings. The summed E-state index contributed by atoms with van der Waals surface area (Å²) in [6.07, 6.45) is 3.39. The lowest BCUT2D eigenvalue weighted by Crippen LogP contribution is -2.26. The summed E-state index contributed by atoms with van der Waals surface area (Å²) in [4.78, 5) is 22.4. The molecule has 6 heteroatoms. The highest BCUT2D eigenvalue weighted by Gasteiger charge is 2.25. The molecular weight excluding hydrogens is 274 g/mol. The smallest absolute Gasteiger partial charge is 0.280 e. The molecule has 1 aromatic carbocycles. The number of anilines is 1. The van der Waals surface area contributed by atoms with Crippen molar-refractivity contribution < 1.29 is 9.59 Å². The number of hydrazone groups is 1. The molecule has 0 atom stereocenters. The standard InChI is InChI=1S/C14H15N3O2S/c18-13-6-5-11(16-17-13)10-4-3-9(8-1-2-8)7-12(10)15-14(19)20/h3-4,7-8H,1-2,5-6H2,(H,17,18)(H2,15,19,20). The van der Waals surface area contributed by atoms with Gasteiger partial charge in [0.15, 0.2) is 0 Å². The van der Waals surface area contributed by atoms with Crippen LogP contribution in [0.5, 0.6) is 0 Å². The van der Waals surface area contributed by atoms with Crippen molar-refractivity contribution in [2.24, 2.45) is 5.10 Å². The van der Waals surface area contributed by atoms with Crippen LogP contribution in [0.1, 0.15) is 42.7 Å². The Morgan fingerprint density at radius 1 is 1.35 bits per heavy atom. The Kier molecular flexibility index (Phi) is 3.48. The lowest BCUT2D eigenvalue weighted by atomic mass is 9.99. The van der Waals surface area contributed by atoms with Crippen LogP contribution in [-0.4, -0.2) is 16.9 Å². The Morgan fingerprint density at radius 3 is 2.75 bits per heavy atom. The van der Waals surface area contributed by atoms with Crippen molar-refractivity contribution in [3.05, 3.63) is 29.3 Å². The van der Waals surface area contributed by atoms with Crippen LogP contribution in [0.4, 0.5) is 10.5 Å². The van der Waals surface area contributed by atoms with Crippen molar-refractivity contribution in [2.45, 2.75) is 31.6 Å². The zero-order valence-electron chi connectivity index (χ0n) is 10.8. The molecule has 0 unspecified atom stereocenters. The average molecular weight is 289 g/mol. The van der Waals surface area contributed by atoms with Gasteiger partial charge in [-0.15, -0.1) is 0 Å². The van der Waals surface area contributed by atoms with Crippen molar-refractivity contribution >= 4 is 35.2 Å². The normalized spacial score (nSPS) is 18.2. The van der Waals surface area contributed by atoms with Gasteiger partial charge in [0.25, 0.3) is 5.24 Å². The van der Waals surface area contributed by atoms with Crippen molar-refractivity contribution in [1.29, 1.82) is 0 Å². The van der Waals surface area contributed by atoms with Gasteiger partial charge in [0.05, 0.1) is 11.4 Å². The molecule has 5 nitrogen and oxygen atoms in total. The molecule has 2 N–H and O–H groups in total. The van der Waals surface area contributed by atoms with Gasteiger partial charge in [-0.05, 0) is 30.4 Å². The molecule has 0 bridgehead atoms. The summed E-state index contributed by atoms with van der Waals surface area (Å²) >= 11 is 3.78. The molecule has 0 aromatic heterocycles. The molecular formula is C14H15N3O2S. The van der Waals surface area contributed by atoms with Crippen LogP contribution < -0.4 is 10.7 Å². The Balaban J connectivity index is 1.95. The average Bonchev–Trinajstić information content (AvgIpc) is 3.23. The van der Waals surface area contributed by atoms with E-state index in [9.17, 15) is 9.59 Å². The summed E-state index contributed by atoms with van der Waals surface area (Å²) in [5, 5.41) is 6.41. The number of benzene rings is 1. The second-order valence-electron chi connectivity index (χ2n) is 5.10. The van der Waals surface area contributed by atoms with Crippen molar-refractivity contribution in [3.63, 3.8) is 0 Å². The first-order valence-electron chi connectivity index (χ1n) is 6.63. The van der Waals surface area contributed by atoms with E-state index in [2.05, 4.69) is 34.5 Å². The number of nitrogens with one attached hydrogen (secondary N) is 2. The minimum absolute atomic E-state index is 0.0804. The van der Waals surface area contributed by atoms with E-state index in [0.29, 0.717) is 24.4 Å². The maximum atomic E-state index is 11.2. The number of carbonyl (C=O) groups excluding carboxylic acids is 2. The highest BCUT2D eigenvalue weighted by atomic mass is 32.1. The number of hydrogen-bond acceptors (Lipinski definition) is 3. The first-order valence-corrected chi connectivity index (χ1v) is 7.08. The molecule has 0 radical (unpaired) electrons. The van der Waals surface area contributed by atoms with E-state index in [1.54, 1.807) is 0 Å². The van der Waals surface area contributed by atoms with E-state index in [4.69, 9.17) is 0 Å². The van der Waals surface area contributed by atoms with E-state index in [-0.39, 0.29) is 5.91 Å². The van der Waals surface area contributed by atoms with Crippen LogP contribution in [0.3, 0.4) is 0 Å². The van der Waals surface area contributed by atoms with Crippen LogP contribution in [0.2, 0.25) is 0 Å². The molecule has 1 aromatic rings. The summed E-state index contributed by atoms with van der Waals surface area (Å²) in [6.45, 7) is 0. The summed E-state index contributed by atoms with van der Waals surface area (Å²) < 4.78 is 0. The van der Waals surface area contributed by atoms with Crippen molar-refractivity contribution in [1.82, 2.24) is 5.43 Å². The lowest BCUT2D eigenvalue weighted by molar-refractivity contribution is -0.121. The Bertz CT molecular complexity index is 608. The zero-order valence-corrected chi connectivity index (χ0v) is 11.7. The fourth-order valence-corrected chi connectivity index (χ4v) is 2.49. The second kappa shape index (κ2) is 5.28. The third-order valence-corrected chi connectivity index (χ3v) is 3.66.